The summed E-state index contributed by atoms with van der Waals surface area (Å²) in [5.41, 5.74) is 4.70. The summed E-state index contributed by atoms with van der Waals surface area (Å²) in [4.78, 5) is 2.76. The van der Waals surface area contributed by atoms with Gasteiger partial charge in [-0.15, -0.1) is 0 Å². The molecule has 2 heteroatoms. The van der Waals surface area contributed by atoms with Crippen LogP contribution in [0.3, 0.4) is 0 Å². The molecule has 2 heterocycles. The van der Waals surface area contributed by atoms with Crippen molar-refractivity contribution in [2.45, 2.75) is 44.6 Å². The van der Waals surface area contributed by atoms with Gasteiger partial charge in [0.25, 0.3) is 0 Å². The lowest BCUT2D eigenvalue weighted by Gasteiger charge is -2.35. The van der Waals surface area contributed by atoms with Crippen molar-refractivity contribution in [3.63, 3.8) is 0 Å². The van der Waals surface area contributed by atoms with Crippen molar-refractivity contribution in [3.05, 3.63) is 29.3 Å². The average Bonchev–Trinajstić information content (AvgIpc) is 2.82. The highest BCUT2D eigenvalue weighted by Gasteiger charge is 2.38. The molecule has 2 nitrogen and oxygen atoms in total. The number of anilines is 1. The number of nitrogens with zero attached hydrogens (tertiary/aromatic N) is 1. The molecule has 1 saturated heterocycles. The van der Waals surface area contributed by atoms with Crippen LogP contribution in [0.15, 0.2) is 18.2 Å². The maximum absolute atomic E-state index is 3.59. The van der Waals surface area contributed by atoms with Gasteiger partial charge in [-0.3, -0.25) is 4.90 Å². The van der Waals surface area contributed by atoms with Crippen LogP contribution in [0, 0.1) is 5.92 Å². The second kappa shape index (κ2) is 4.52. The third kappa shape index (κ3) is 1.88. The molecule has 1 aliphatic carbocycles. The number of hydrogen-bond acceptors (Lipinski definition) is 2. The van der Waals surface area contributed by atoms with Crippen molar-refractivity contribution in [1.29, 1.82) is 0 Å². The Balaban J connectivity index is 1.65. The molecule has 0 aromatic heterocycles. The standard InChI is InChI=1S/C17H24N2/c1-12-6-9-19(10-7-12)16-11-13-5-8-18-15-4-2-3-14(16)17(13)15/h2-4,12-13,16,18H,5-11H2,1H3. The van der Waals surface area contributed by atoms with Crippen LogP contribution < -0.4 is 5.32 Å². The van der Waals surface area contributed by atoms with Gasteiger partial charge in [0.05, 0.1) is 0 Å². The molecule has 2 unspecified atom stereocenters. The maximum Gasteiger partial charge on any atom is 0.0378 e. The minimum atomic E-state index is 0.701. The van der Waals surface area contributed by atoms with Gasteiger partial charge in [-0.05, 0) is 67.8 Å². The molecule has 0 saturated carbocycles. The van der Waals surface area contributed by atoms with E-state index in [9.17, 15) is 0 Å². The number of hydrogen-bond donors (Lipinski definition) is 1. The van der Waals surface area contributed by atoms with E-state index in [-0.39, 0.29) is 0 Å². The summed E-state index contributed by atoms with van der Waals surface area (Å²) in [6.45, 7) is 6.16. The Kier molecular flexibility index (Phi) is 2.80. The molecular weight excluding hydrogens is 232 g/mol. The predicted octanol–water partition coefficient (Wildman–Crippen LogP) is 3.76. The topological polar surface area (TPSA) is 15.3 Å². The highest BCUT2D eigenvalue weighted by Crippen LogP contribution is 2.50. The number of rotatable bonds is 1. The first kappa shape index (κ1) is 11.8. The second-order valence-electron chi connectivity index (χ2n) is 6.69. The lowest BCUT2D eigenvalue weighted by Crippen LogP contribution is -2.35. The fourth-order valence-electron chi connectivity index (χ4n) is 4.33. The Morgan fingerprint density at radius 2 is 2.00 bits per heavy atom. The Hall–Kier alpha value is -1.02. The van der Waals surface area contributed by atoms with Crippen molar-refractivity contribution >= 4 is 5.69 Å². The summed E-state index contributed by atoms with van der Waals surface area (Å²) in [5, 5.41) is 3.59. The van der Waals surface area contributed by atoms with Crippen molar-refractivity contribution < 1.29 is 0 Å². The first-order chi connectivity index (χ1) is 9.33. The molecule has 4 rings (SSSR count). The Bertz CT molecular complexity index is 474. The molecule has 0 amide bonds. The molecule has 0 spiro atoms. The Labute approximate surface area is 116 Å². The quantitative estimate of drug-likeness (QED) is 0.823. The van der Waals surface area contributed by atoms with Gasteiger partial charge in [0.15, 0.2) is 0 Å². The first-order valence-electron chi connectivity index (χ1n) is 7.93. The minimum Gasteiger partial charge on any atom is -0.385 e. The van der Waals surface area contributed by atoms with Crippen molar-refractivity contribution in [2.75, 3.05) is 25.0 Å². The fraction of sp³-hybridized carbons (Fsp3) is 0.647. The third-order valence-corrected chi connectivity index (χ3v) is 5.48. The lowest BCUT2D eigenvalue weighted by atomic mass is 9.93. The van der Waals surface area contributed by atoms with Gasteiger partial charge < -0.3 is 5.32 Å². The monoisotopic (exact) mass is 256 g/mol. The zero-order valence-corrected chi connectivity index (χ0v) is 11.9. The fourth-order valence-corrected chi connectivity index (χ4v) is 4.33. The van der Waals surface area contributed by atoms with E-state index < -0.39 is 0 Å². The van der Waals surface area contributed by atoms with Gasteiger partial charge >= 0.3 is 0 Å². The largest absolute Gasteiger partial charge is 0.385 e. The van der Waals surface area contributed by atoms with Crippen LogP contribution >= 0.6 is 0 Å². The predicted molar refractivity (Wildman–Crippen MR) is 79.6 cm³/mol. The number of likely N-dealkylation sites (tertiary alicyclic amines) is 1. The molecule has 2 atom stereocenters. The molecule has 2 aliphatic heterocycles. The number of benzene rings is 1. The highest BCUT2D eigenvalue weighted by atomic mass is 15.2. The van der Waals surface area contributed by atoms with E-state index in [2.05, 4.69) is 35.3 Å². The molecule has 0 radical (unpaired) electrons. The first-order valence-corrected chi connectivity index (χ1v) is 7.93. The van der Waals surface area contributed by atoms with Crippen LogP contribution in [-0.4, -0.2) is 24.5 Å². The van der Waals surface area contributed by atoms with Crippen LogP contribution in [0.1, 0.15) is 55.7 Å². The van der Waals surface area contributed by atoms with Gasteiger partial charge in [0, 0.05) is 18.3 Å². The molecule has 1 fully saturated rings. The average molecular weight is 256 g/mol. The molecule has 3 aliphatic rings. The highest BCUT2D eigenvalue weighted by molar-refractivity contribution is 5.61. The summed E-state index contributed by atoms with van der Waals surface area (Å²) in [5.74, 6) is 1.74. The van der Waals surface area contributed by atoms with Gasteiger partial charge in [-0.2, -0.15) is 0 Å². The molecule has 1 N–H and O–H groups in total. The van der Waals surface area contributed by atoms with E-state index in [1.165, 1.54) is 44.5 Å². The van der Waals surface area contributed by atoms with Gasteiger partial charge in [0.2, 0.25) is 0 Å². The molecular formula is C17H24N2. The number of piperidine rings is 1. The van der Waals surface area contributed by atoms with Crippen LogP contribution in [-0.2, 0) is 0 Å². The molecule has 19 heavy (non-hydrogen) atoms. The van der Waals surface area contributed by atoms with Gasteiger partial charge in [0.1, 0.15) is 0 Å². The SMILES string of the molecule is CC1CCN(C2CC3CCNc4cccc2c43)CC1. The van der Waals surface area contributed by atoms with Crippen LogP contribution in [0.25, 0.3) is 0 Å². The summed E-state index contributed by atoms with van der Waals surface area (Å²) >= 11 is 0. The van der Waals surface area contributed by atoms with Crippen LogP contribution in [0.4, 0.5) is 5.69 Å². The van der Waals surface area contributed by atoms with Crippen molar-refractivity contribution in [3.8, 4) is 0 Å². The van der Waals surface area contributed by atoms with Crippen molar-refractivity contribution in [2.24, 2.45) is 5.92 Å². The van der Waals surface area contributed by atoms with Gasteiger partial charge in [-0.1, -0.05) is 19.1 Å². The summed E-state index contributed by atoms with van der Waals surface area (Å²) in [6, 6.07) is 7.60. The normalized spacial score (nSPS) is 31.0. The lowest BCUT2D eigenvalue weighted by molar-refractivity contribution is 0.134. The second-order valence-corrected chi connectivity index (χ2v) is 6.69. The van der Waals surface area contributed by atoms with Crippen molar-refractivity contribution in [1.82, 2.24) is 4.90 Å². The third-order valence-electron chi connectivity index (χ3n) is 5.48. The summed E-state index contributed by atoms with van der Waals surface area (Å²) in [7, 11) is 0. The van der Waals surface area contributed by atoms with Crippen LogP contribution in [0.2, 0.25) is 0 Å². The molecule has 0 bridgehead atoms. The van der Waals surface area contributed by atoms with E-state index in [4.69, 9.17) is 0 Å². The van der Waals surface area contributed by atoms with E-state index in [1.807, 2.05) is 0 Å². The molecule has 1 aromatic rings. The summed E-state index contributed by atoms with van der Waals surface area (Å²) in [6.07, 6.45) is 5.45. The van der Waals surface area contributed by atoms with E-state index in [1.54, 1.807) is 11.1 Å². The Morgan fingerprint density at radius 3 is 2.84 bits per heavy atom. The Morgan fingerprint density at radius 1 is 1.16 bits per heavy atom. The zero-order valence-electron chi connectivity index (χ0n) is 11.9. The van der Waals surface area contributed by atoms with E-state index in [0.717, 1.165) is 18.4 Å². The molecule has 1 aromatic carbocycles. The number of nitrogens with one attached hydrogen (secondary N) is 1. The van der Waals surface area contributed by atoms with E-state index in [0.29, 0.717) is 6.04 Å². The minimum absolute atomic E-state index is 0.701. The van der Waals surface area contributed by atoms with Crippen LogP contribution in [0.5, 0.6) is 0 Å². The zero-order chi connectivity index (χ0) is 12.8. The van der Waals surface area contributed by atoms with E-state index >= 15 is 0 Å². The molecule has 102 valence electrons. The summed E-state index contributed by atoms with van der Waals surface area (Å²) < 4.78 is 0. The van der Waals surface area contributed by atoms with Gasteiger partial charge in [-0.25, -0.2) is 0 Å². The smallest absolute Gasteiger partial charge is 0.0378 e. The maximum atomic E-state index is 3.59.